The molecule has 4 heteroatoms. The highest BCUT2D eigenvalue weighted by molar-refractivity contribution is 5.72. The van der Waals surface area contributed by atoms with Gasteiger partial charge in [0.15, 0.2) is 12.0 Å². The Hall–Kier alpha value is -1.84. The van der Waals surface area contributed by atoms with Crippen LogP contribution in [0, 0.1) is 0 Å². The molecule has 0 aliphatic carbocycles. The first kappa shape index (κ1) is 10.7. The van der Waals surface area contributed by atoms with Gasteiger partial charge in [0.1, 0.15) is 5.52 Å². The van der Waals surface area contributed by atoms with E-state index in [0.717, 1.165) is 23.9 Å². The summed E-state index contributed by atoms with van der Waals surface area (Å²) >= 11 is 0. The van der Waals surface area contributed by atoms with E-state index in [2.05, 4.69) is 4.98 Å². The second kappa shape index (κ2) is 4.79. The van der Waals surface area contributed by atoms with E-state index in [9.17, 15) is 4.79 Å². The van der Waals surface area contributed by atoms with Crippen LogP contribution in [-0.4, -0.2) is 16.1 Å². The minimum absolute atomic E-state index is 0.242. The van der Waals surface area contributed by atoms with E-state index < -0.39 is 5.97 Å². The first-order chi connectivity index (χ1) is 7.75. The standard InChI is InChI=1S/C12H13NO3/c14-12(15)4-2-1-3-9-5-6-11-10(7-9)13-8-16-11/h5-8H,1-4H2,(H,14,15). The molecule has 1 heterocycles. The third-order valence-corrected chi connectivity index (χ3v) is 2.50. The predicted molar refractivity (Wildman–Crippen MR) is 59.2 cm³/mol. The van der Waals surface area contributed by atoms with Crippen LogP contribution in [0.4, 0.5) is 0 Å². The van der Waals surface area contributed by atoms with Crippen molar-refractivity contribution in [3.8, 4) is 0 Å². The quantitative estimate of drug-likeness (QED) is 0.785. The molecule has 0 bridgehead atoms. The largest absolute Gasteiger partial charge is 0.481 e. The van der Waals surface area contributed by atoms with Gasteiger partial charge in [0.05, 0.1) is 0 Å². The summed E-state index contributed by atoms with van der Waals surface area (Å²) in [5.74, 6) is -0.730. The van der Waals surface area contributed by atoms with Crippen molar-refractivity contribution in [2.45, 2.75) is 25.7 Å². The molecule has 0 aliphatic heterocycles. The van der Waals surface area contributed by atoms with Gasteiger partial charge < -0.3 is 9.52 Å². The molecule has 0 radical (unpaired) electrons. The Bertz CT molecular complexity index is 490. The summed E-state index contributed by atoms with van der Waals surface area (Å²) in [4.78, 5) is 14.4. The van der Waals surface area contributed by atoms with E-state index >= 15 is 0 Å². The molecule has 2 rings (SSSR count). The molecule has 1 aromatic heterocycles. The number of carbonyl (C=O) groups is 1. The van der Waals surface area contributed by atoms with Crippen LogP contribution < -0.4 is 0 Å². The molecular formula is C12H13NO3. The third-order valence-electron chi connectivity index (χ3n) is 2.50. The van der Waals surface area contributed by atoms with Crippen LogP contribution in [0.25, 0.3) is 11.1 Å². The number of benzene rings is 1. The van der Waals surface area contributed by atoms with Gasteiger partial charge in [-0.1, -0.05) is 6.07 Å². The fraction of sp³-hybridized carbons (Fsp3) is 0.333. The number of unbranched alkanes of at least 4 members (excludes halogenated alkanes) is 1. The minimum Gasteiger partial charge on any atom is -0.481 e. The zero-order chi connectivity index (χ0) is 11.4. The number of carboxylic acid groups (broad SMARTS) is 1. The average molecular weight is 219 g/mol. The molecule has 0 unspecified atom stereocenters. The molecule has 1 N–H and O–H groups in total. The number of oxazole rings is 1. The number of hydrogen-bond donors (Lipinski definition) is 1. The Morgan fingerprint density at radius 3 is 3.06 bits per heavy atom. The normalized spacial score (nSPS) is 10.8. The van der Waals surface area contributed by atoms with Gasteiger partial charge in [0.2, 0.25) is 0 Å². The zero-order valence-electron chi connectivity index (χ0n) is 8.85. The third kappa shape index (κ3) is 2.59. The Balaban J connectivity index is 1.91. The number of aryl methyl sites for hydroxylation is 1. The van der Waals surface area contributed by atoms with Crippen molar-refractivity contribution in [3.63, 3.8) is 0 Å². The second-order valence-corrected chi connectivity index (χ2v) is 3.76. The van der Waals surface area contributed by atoms with Crippen molar-refractivity contribution < 1.29 is 14.3 Å². The minimum atomic E-state index is -0.730. The van der Waals surface area contributed by atoms with Gasteiger partial charge in [-0.15, -0.1) is 0 Å². The summed E-state index contributed by atoms with van der Waals surface area (Å²) < 4.78 is 5.14. The molecule has 0 fully saturated rings. The highest BCUT2D eigenvalue weighted by Crippen LogP contribution is 2.15. The van der Waals surface area contributed by atoms with Crippen molar-refractivity contribution in [1.29, 1.82) is 0 Å². The van der Waals surface area contributed by atoms with Gasteiger partial charge >= 0.3 is 5.97 Å². The number of nitrogens with zero attached hydrogens (tertiary/aromatic N) is 1. The number of aliphatic carboxylic acids is 1. The number of hydrogen-bond acceptors (Lipinski definition) is 3. The fourth-order valence-corrected chi connectivity index (χ4v) is 1.66. The number of fused-ring (bicyclic) bond motifs is 1. The Morgan fingerprint density at radius 1 is 1.38 bits per heavy atom. The average Bonchev–Trinajstić information content (AvgIpc) is 2.71. The van der Waals surface area contributed by atoms with Gasteiger partial charge in [-0.05, 0) is 37.0 Å². The van der Waals surface area contributed by atoms with E-state index in [4.69, 9.17) is 9.52 Å². The fourth-order valence-electron chi connectivity index (χ4n) is 1.66. The molecule has 0 aliphatic rings. The maximum Gasteiger partial charge on any atom is 0.303 e. The first-order valence-corrected chi connectivity index (χ1v) is 5.29. The van der Waals surface area contributed by atoms with Gasteiger partial charge in [-0.2, -0.15) is 0 Å². The molecule has 0 saturated carbocycles. The summed E-state index contributed by atoms with van der Waals surface area (Å²) in [5.41, 5.74) is 2.82. The van der Waals surface area contributed by atoms with Crippen LogP contribution in [0.2, 0.25) is 0 Å². The van der Waals surface area contributed by atoms with E-state index in [1.165, 1.54) is 12.0 Å². The van der Waals surface area contributed by atoms with Crippen molar-refractivity contribution in [3.05, 3.63) is 30.2 Å². The maximum absolute atomic E-state index is 10.3. The van der Waals surface area contributed by atoms with Crippen LogP contribution in [-0.2, 0) is 11.2 Å². The van der Waals surface area contributed by atoms with E-state index in [1.807, 2.05) is 18.2 Å². The lowest BCUT2D eigenvalue weighted by Gasteiger charge is -1.99. The highest BCUT2D eigenvalue weighted by atomic mass is 16.4. The SMILES string of the molecule is O=C(O)CCCCc1ccc2ocnc2c1. The number of aromatic nitrogens is 1. The molecule has 0 spiro atoms. The van der Waals surface area contributed by atoms with Gasteiger partial charge in [-0.3, -0.25) is 4.79 Å². The van der Waals surface area contributed by atoms with Crippen molar-refractivity contribution in [2.24, 2.45) is 0 Å². The summed E-state index contributed by atoms with van der Waals surface area (Å²) in [6.07, 6.45) is 4.16. The lowest BCUT2D eigenvalue weighted by atomic mass is 10.1. The Labute approximate surface area is 92.9 Å². The molecule has 0 saturated heterocycles. The van der Waals surface area contributed by atoms with Crippen LogP contribution in [0.3, 0.4) is 0 Å². The molecule has 0 amide bonds. The molecular weight excluding hydrogens is 206 g/mol. The van der Waals surface area contributed by atoms with Crippen LogP contribution in [0.15, 0.2) is 29.0 Å². The lowest BCUT2D eigenvalue weighted by Crippen LogP contribution is -1.94. The van der Waals surface area contributed by atoms with Gasteiger partial charge in [0, 0.05) is 6.42 Å². The summed E-state index contributed by atoms with van der Waals surface area (Å²) in [7, 11) is 0. The lowest BCUT2D eigenvalue weighted by molar-refractivity contribution is -0.137. The number of carboxylic acids is 1. The van der Waals surface area contributed by atoms with E-state index in [0.29, 0.717) is 6.42 Å². The molecule has 0 atom stereocenters. The van der Waals surface area contributed by atoms with Gasteiger partial charge in [0.25, 0.3) is 0 Å². The van der Waals surface area contributed by atoms with Crippen LogP contribution in [0.1, 0.15) is 24.8 Å². The van der Waals surface area contributed by atoms with Crippen molar-refractivity contribution >= 4 is 17.1 Å². The zero-order valence-corrected chi connectivity index (χ0v) is 8.85. The topological polar surface area (TPSA) is 63.3 Å². The molecule has 84 valence electrons. The summed E-state index contributed by atoms with van der Waals surface area (Å²) in [5, 5.41) is 8.50. The highest BCUT2D eigenvalue weighted by Gasteiger charge is 2.01. The van der Waals surface area contributed by atoms with E-state index in [-0.39, 0.29) is 6.42 Å². The Kier molecular flexibility index (Phi) is 3.19. The molecule has 1 aromatic carbocycles. The first-order valence-electron chi connectivity index (χ1n) is 5.29. The van der Waals surface area contributed by atoms with Crippen LogP contribution in [0.5, 0.6) is 0 Å². The van der Waals surface area contributed by atoms with Crippen molar-refractivity contribution in [2.75, 3.05) is 0 Å². The molecule has 4 nitrogen and oxygen atoms in total. The smallest absolute Gasteiger partial charge is 0.303 e. The molecule has 16 heavy (non-hydrogen) atoms. The molecule has 2 aromatic rings. The summed E-state index contributed by atoms with van der Waals surface area (Å²) in [6.45, 7) is 0. The van der Waals surface area contributed by atoms with Gasteiger partial charge in [-0.25, -0.2) is 4.98 Å². The second-order valence-electron chi connectivity index (χ2n) is 3.76. The van der Waals surface area contributed by atoms with Crippen molar-refractivity contribution in [1.82, 2.24) is 4.98 Å². The predicted octanol–water partition coefficient (Wildman–Crippen LogP) is 2.63. The maximum atomic E-state index is 10.3. The van der Waals surface area contributed by atoms with Crippen LogP contribution >= 0.6 is 0 Å². The summed E-state index contributed by atoms with van der Waals surface area (Å²) in [6, 6.07) is 5.88. The van der Waals surface area contributed by atoms with E-state index in [1.54, 1.807) is 0 Å². The Morgan fingerprint density at radius 2 is 2.25 bits per heavy atom. The monoisotopic (exact) mass is 219 g/mol. The number of rotatable bonds is 5.